The van der Waals surface area contributed by atoms with Gasteiger partial charge < -0.3 is 5.32 Å². The Morgan fingerprint density at radius 2 is 1.97 bits per heavy atom. The molecule has 0 amide bonds. The van der Waals surface area contributed by atoms with E-state index in [1.165, 1.54) is 11.3 Å². The maximum atomic E-state index is 13.3. The van der Waals surface area contributed by atoms with Crippen LogP contribution >= 0.6 is 11.3 Å². The molecule has 4 aromatic rings. The summed E-state index contributed by atoms with van der Waals surface area (Å²) >= 11 is 1.48. The number of rotatable bonds is 4. The van der Waals surface area contributed by atoms with E-state index < -0.39 is 10.0 Å². The Morgan fingerprint density at radius 1 is 1.13 bits per heavy atom. The number of para-hydroxylation sites is 1. The molecule has 0 unspecified atom stereocenters. The Balaban J connectivity index is 1.44. The average Bonchev–Trinajstić information content (AvgIpc) is 3.12. The summed E-state index contributed by atoms with van der Waals surface area (Å²) in [6.45, 7) is 4.50. The fourth-order valence-corrected chi connectivity index (χ4v) is 7.13. The predicted octanol–water partition coefficient (Wildman–Crippen LogP) is 4.80. The lowest BCUT2D eigenvalue weighted by molar-refractivity contribution is 0.391. The molecular weight excluding hydrogens is 428 g/mol. The summed E-state index contributed by atoms with van der Waals surface area (Å²) in [6.07, 6.45) is 4.13. The summed E-state index contributed by atoms with van der Waals surface area (Å²) in [6, 6.07) is 11.9. The number of hydrogen-bond donors (Lipinski definition) is 1. The first-order chi connectivity index (χ1) is 14.9. The smallest absolute Gasteiger partial charge is 0.244 e. The van der Waals surface area contributed by atoms with E-state index in [4.69, 9.17) is 0 Å². The third kappa shape index (κ3) is 3.60. The van der Waals surface area contributed by atoms with Crippen molar-refractivity contribution in [2.45, 2.75) is 31.7 Å². The van der Waals surface area contributed by atoms with E-state index in [0.29, 0.717) is 24.4 Å². The molecule has 0 spiro atoms. The fraction of sp³-hybridized carbons (Fsp3) is 0.217. The van der Waals surface area contributed by atoms with Gasteiger partial charge in [0.15, 0.2) is 0 Å². The van der Waals surface area contributed by atoms with Crippen LogP contribution in [0.15, 0.2) is 59.1 Å². The van der Waals surface area contributed by atoms with Crippen LogP contribution in [0.3, 0.4) is 0 Å². The maximum Gasteiger partial charge on any atom is 0.244 e. The van der Waals surface area contributed by atoms with Gasteiger partial charge in [-0.05, 0) is 55.0 Å². The standard InChI is InChI=1S/C23H22N4O2S2/c1-15-14-30-16(2)22(15)31(28,29)27-10-8-20-18(13-27)7-9-24-23(20)26-19-11-17-5-3-4-6-21(17)25-12-19/h3-7,9,11-12,14H,8,10,13H2,1-2H3,(H,24,26). The molecule has 31 heavy (non-hydrogen) atoms. The highest BCUT2D eigenvalue weighted by Gasteiger charge is 2.32. The van der Waals surface area contributed by atoms with E-state index in [2.05, 4.69) is 15.3 Å². The molecule has 0 aliphatic carbocycles. The zero-order chi connectivity index (χ0) is 21.6. The molecule has 3 aromatic heterocycles. The van der Waals surface area contributed by atoms with E-state index in [1.54, 1.807) is 16.7 Å². The lowest BCUT2D eigenvalue weighted by Gasteiger charge is -2.29. The van der Waals surface area contributed by atoms with Crippen LogP contribution in [-0.2, 0) is 23.0 Å². The van der Waals surface area contributed by atoms with Gasteiger partial charge in [-0.15, -0.1) is 11.3 Å². The van der Waals surface area contributed by atoms with Crippen molar-refractivity contribution in [3.05, 3.63) is 75.7 Å². The van der Waals surface area contributed by atoms with Crippen LogP contribution in [0, 0.1) is 13.8 Å². The lowest BCUT2D eigenvalue weighted by atomic mass is 10.0. The highest BCUT2D eigenvalue weighted by molar-refractivity contribution is 7.89. The molecule has 0 saturated heterocycles. The number of nitrogens with zero attached hydrogens (tertiary/aromatic N) is 3. The van der Waals surface area contributed by atoms with Crippen molar-refractivity contribution in [1.82, 2.24) is 14.3 Å². The molecule has 0 atom stereocenters. The molecule has 5 rings (SSSR count). The Kier molecular flexibility index (Phi) is 5.00. The minimum Gasteiger partial charge on any atom is -0.339 e. The van der Waals surface area contributed by atoms with Gasteiger partial charge in [-0.1, -0.05) is 18.2 Å². The molecule has 0 bridgehead atoms. The van der Waals surface area contributed by atoms with Crippen molar-refractivity contribution >= 4 is 43.8 Å². The number of hydrogen-bond acceptors (Lipinski definition) is 6. The van der Waals surface area contributed by atoms with E-state index in [-0.39, 0.29) is 0 Å². The summed E-state index contributed by atoms with van der Waals surface area (Å²) < 4.78 is 28.2. The predicted molar refractivity (Wildman–Crippen MR) is 124 cm³/mol. The number of nitrogens with one attached hydrogen (secondary N) is 1. The largest absolute Gasteiger partial charge is 0.339 e. The van der Waals surface area contributed by atoms with Gasteiger partial charge in [0.25, 0.3) is 0 Å². The van der Waals surface area contributed by atoms with Crippen LogP contribution in [0.4, 0.5) is 11.5 Å². The van der Waals surface area contributed by atoms with Gasteiger partial charge in [0.2, 0.25) is 10.0 Å². The number of anilines is 2. The molecule has 1 aliphatic rings. The quantitative estimate of drug-likeness (QED) is 0.483. The van der Waals surface area contributed by atoms with Crippen LogP contribution in [0.25, 0.3) is 10.9 Å². The summed E-state index contributed by atoms with van der Waals surface area (Å²) in [4.78, 5) is 10.3. The molecule has 1 aliphatic heterocycles. The molecular formula is C23H22N4O2S2. The van der Waals surface area contributed by atoms with Gasteiger partial charge in [0, 0.05) is 35.1 Å². The topological polar surface area (TPSA) is 75.2 Å². The molecule has 158 valence electrons. The number of fused-ring (bicyclic) bond motifs is 2. The van der Waals surface area contributed by atoms with Gasteiger partial charge in [0.05, 0.1) is 22.3 Å². The van der Waals surface area contributed by atoms with Crippen LogP contribution in [0.1, 0.15) is 21.6 Å². The molecule has 0 radical (unpaired) electrons. The van der Waals surface area contributed by atoms with Gasteiger partial charge in [-0.3, -0.25) is 4.98 Å². The SMILES string of the molecule is Cc1csc(C)c1S(=O)(=O)N1CCc2c(ccnc2Nc2cnc3ccccc3c2)C1. The van der Waals surface area contributed by atoms with Crippen molar-refractivity contribution in [3.63, 3.8) is 0 Å². The number of aryl methyl sites for hydroxylation is 2. The highest BCUT2D eigenvalue weighted by Crippen LogP contribution is 2.33. The van der Waals surface area contributed by atoms with Gasteiger partial charge in [0.1, 0.15) is 5.82 Å². The van der Waals surface area contributed by atoms with Crippen LogP contribution in [-0.4, -0.2) is 29.2 Å². The third-order valence-corrected chi connectivity index (χ3v) is 8.95. The first-order valence-electron chi connectivity index (χ1n) is 10.1. The zero-order valence-electron chi connectivity index (χ0n) is 17.3. The minimum atomic E-state index is -3.53. The Labute approximate surface area is 185 Å². The fourth-order valence-electron chi connectivity index (χ4n) is 4.13. The van der Waals surface area contributed by atoms with E-state index in [0.717, 1.165) is 44.0 Å². The summed E-state index contributed by atoms with van der Waals surface area (Å²) in [7, 11) is -3.53. The first-order valence-corrected chi connectivity index (χ1v) is 12.4. The number of pyridine rings is 2. The third-order valence-electron chi connectivity index (χ3n) is 5.65. The molecule has 8 heteroatoms. The molecule has 1 aromatic carbocycles. The number of thiophene rings is 1. The van der Waals surface area contributed by atoms with Gasteiger partial charge in [-0.25, -0.2) is 13.4 Å². The average molecular weight is 451 g/mol. The van der Waals surface area contributed by atoms with Crippen molar-refractivity contribution in [2.75, 3.05) is 11.9 Å². The first kappa shape index (κ1) is 20.1. The van der Waals surface area contributed by atoms with E-state index >= 15 is 0 Å². The van der Waals surface area contributed by atoms with Crippen LogP contribution in [0.2, 0.25) is 0 Å². The van der Waals surface area contributed by atoms with Crippen molar-refractivity contribution in [3.8, 4) is 0 Å². The second-order valence-electron chi connectivity index (χ2n) is 7.73. The monoisotopic (exact) mass is 450 g/mol. The summed E-state index contributed by atoms with van der Waals surface area (Å²) in [5.41, 5.74) is 4.65. The molecule has 0 saturated carbocycles. The molecule has 4 heterocycles. The maximum absolute atomic E-state index is 13.3. The summed E-state index contributed by atoms with van der Waals surface area (Å²) in [5, 5.41) is 6.34. The zero-order valence-corrected chi connectivity index (χ0v) is 18.9. The Morgan fingerprint density at radius 3 is 2.77 bits per heavy atom. The number of aromatic nitrogens is 2. The van der Waals surface area contributed by atoms with Gasteiger partial charge >= 0.3 is 0 Å². The van der Waals surface area contributed by atoms with E-state index in [1.807, 2.05) is 55.6 Å². The van der Waals surface area contributed by atoms with Crippen LogP contribution < -0.4 is 5.32 Å². The molecule has 1 N–H and O–H groups in total. The van der Waals surface area contributed by atoms with Crippen molar-refractivity contribution in [2.24, 2.45) is 0 Å². The van der Waals surface area contributed by atoms with Gasteiger partial charge in [-0.2, -0.15) is 4.31 Å². The molecule has 6 nitrogen and oxygen atoms in total. The second-order valence-corrected chi connectivity index (χ2v) is 10.7. The van der Waals surface area contributed by atoms with Crippen LogP contribution in [0.5, 0.6) is 0 Å². The normalized spacial score (nSPS) is 14.5. The van der Waals surface area contributed by atoms with E-state index in [9.17, 15) is 8.42 Å². The molecule has 0 fully saturated rings. The second kappa shape index (κ2) is 7.71. The summed E-state index contributed by atoms with van der Waals surface area (Å²) in [5.74, 6) is 0.759. The Hall–Kier alpha value is -2.81. The number of sulfonamides is 1. The van der Waals surface area contributed by atoms with Crippen molar-refractivity contribution < 1.29 is 8.42 Å². The lowest BCUT2D eigenvalue weighted by Crippen LogP contribution is -2.36. The minimum absolute atomic E-state index is 0.347. The Bertz CT molecular complexity index is 1380. The number of benzene rings is 1. The highest BCUT2D eigenvalue weighted by atomic mass is 32.2. The van der Waals surface area contributed by atoms with Crippen molar-refractivity contribution in [1.29, 1.82) is 0 Å².